The average molecular weight is 271 g/mol. The van der Waals surface area contributed by atoms with Crippen LogP contribution in [-0.2, 0) is 0 Å². The molecule has 1 aliphatic carbocycles. The van der Waals surface area contributed by atoms with Gasteiger partial charge in [0.1, 0.15) is 0 Å². The first kappa shape index (κ1) is 14.4. The maximum atomic E-state index is 4.90. The Labute approximate surface area is 125 Å². The van der Waals surface area contributed by atoms with Gasteiger partial charge in [-0.25, -0.2) is 0 Å². The van der Waals surface area contributed by atoms with Gasteiger partial charge in [0, 0.05) is 6.21 Å². The second kappa shape index (κ2) is 5.03. The van der Waals surface area contributed by atoms with Gasteiger partial charge in [0.15, 0.2) is 6.71 Å². The minimum atomic E-state index is 0.440. The molecule has 1 saturated heterocycles. The van der Waals surface area contributed by atoms with E-state index in [9.17, 15) is 0 Å². The van der Waals surface area contributed by atoms with Crippen molar-refractivity contribution in [1.82, 2.24) is 0 Å². The quantitative estimate of drug-likeness (QED) is 0.623. The van der Waals surface area contributed by atoms with Crippen molar-refractivity contribution in [2.24, 2.45) is 21.7 Å². The number of hydrogen-bond donors (Lipinski definition) is 0. The Morgan fingerprint density at radius 3 is 2.40 bits per heavy atom. The Hall–Kier alpha value is -0.525. The van der Waals surface area contributed by atoms with Gasteiger partial charge in [-0.3, -0.25) is 4.99 Å². The topological polar surface area (TPSA) is 12.4 Å². The molecule has 0 bridgehead atoms. The van der Waals surface area contributed by atoms with Crippen LogP contribution in [0.2, 0.25) is 12.6 Å². The molecular weight excluding hydrogens is 241 g/mol. The minimum absolute atomic E-state index is 0.440. The van der Waals surface area contributed by atoms with E-state index < -0.39 is 0 Å². The summed E-state index contributed by atoms with van der Waals surface area (Å²) < 4.78 is 0. The number of aliphatic imine (C=N–C) groups is 1. The Morgan fingerprint density at radius 2 is 1.90 bits per heavy atom. The van der Waals surface area contributed by atoms with Crippen LogP contribution in [0.5, 0.6) is 0 Å². The van der Waals surface area contributed by atoms with Gasteiger partial charge in [0.2, 0.25) is 0 Å². The summed E-state index contributed by atoms with van der Waals surface area (Å²) in [5.74, 6) is 0.894. The molecule has 0 aromatic heterocycles. The maximum absolute atomic E-state index is 4.90. The fraction of sp³-hybridized carbons (Fsp3) is 0.833. The van der Waals surface area contributed by atoms with Crippen LogP contribution in [-0.4, -0.2) is 19.0 Å². The van der Waals surface area contributed by atoms with Gasteiger partial charge in [-0.2, -0.15) is 0 Å². The largest absolute Gasteiger partial charge is 0.290 e. The molecule has 3 aliphatic rings. The van der Waals surface area contributed by atoms with Crippen LogP contribution in [0.4, 0.5) is 0 Å². The van der Waals surface area contributed by atoms with Crippen molar-refractivity contribution in [3.63, 3.8) is 0 Å². The number of hydrogen-bond acceptors (Lipinski definition) is 1. The SMILES string of the molecule is CC1(C)CCB(C2=CCC(C3CCC3)N=C2)CC1(C)C. The summed E-state index contributed by atoms with van der Waals surface area (Å²) in [6, 6.07) is 0.612. The van der Waals surface area contributed by atoms with Gasteiger partial charge < -0.3 is 0 Å². The van der Waals surface area contributed by atoms with Crippen LogP contribution >= 0.6 is 0 Å². The first-order valence-corrected chi connectivity index (χ1v) is 8.62. The molecular formula is C18H30BN. The number of dihydropyridines is 1. The lowest BCUT2D eigenvalue weighted by Gasteiger charge is -2.48. The van der Waals surface area contributed by atoms with E-state index in [0.717, 1.165) is 12.6 Å². The van der Waals surface area contributed by atoms with E-state index in [0.29, 0.717) is 16.9 Å². The van der Waals surface area contributed by atoms with Crippen LogP contribution in [0.15, 0.2) is 16.5 Å². The third-order valence-electron chi connectivity index (χ3n) is 6.88. The number of allylic oxidation sites excluding steroid dienone is 1. The van der Waals surface area contributed by atoms with E-state index in [4.69, 9.17) is 4.99 Å². The van der Waals surface area contributed by atoms with E-state index in [1.807, 2.05) is 0 Å². The third-order valence-corrected chi connectivity index (χ3v) is 6.88. The Balaban J connectivity index is 1.64. The minimum Gasteiger partial charge on any atom is -0.290 e. The summed E-state index contributed by atoms with van der Waals surface area (Å²) in [6.45, 7) is 10.6. The van der Waals surface area contributed by atoms with Gasteiger partial charge in [-0.15, -0.1) is 0 Å². The molecule has 0 amide bonds. The Bertz CT molecular complexity index is 429. The zero-order valence-corrected chi connectivity index (χ0v) is 13.8. The van der Waals surface area contributed by atoms with Gasteiger partial charge >= 0.3 is 0 Å². The normalized spacial score (nSPS) is 32.7. The van der Waals surface area contributed by atoms with Crippen molar-refractivity contribution < 1.29 is 0 Å². The van der Waals surface area contributed by atoms with E-state index >= 15 is 0 Å². The predicted octanol–water partition coefficient (Wildman–Crippen LogP) is 5.05. The molecule has 1 unspecified atom stereocenters. The fourth-order valence-corrected chi connectivity index (χ4v) is 4.12. The van der Waals surface area contributed by atoms with Crippen molar-refractivity contribution in [2.45, 2.75) is 78.5 Å². The molecule has 0 aromatic carbocycles. The zero-order chi connectivity index (χ0) is 14.4. The van der Waals surface area contributed by atoms with E-state index in [1.54, 1.807) is 5.47 Å². The molecule has 0 aromatic rings. The molecule has 0 spiro atoms. The maximum Gasteiger partial charge on any atom is 0.178 e. The molecule has 3 rings (SSSR count). The predicted molar refractivity (Wildman–Crippen MR) is 89.9 cm³/mol. The summed E-state index contributed by atoms with van der Waals surface area (Å²) in [5.41, 5.74) is 2.46. The van der Waals surface area contributed by atoms with Crippen LogP contribution in [0.3, 0.4) is 0 Å². The lowest BCUT2D eigenvalue weighted by molar-refractivity contribution is 0.115. The van der Waals surface area contributed by atoms with Crippen molar-refractivity contribution >= 4 is 12.9 Å². The van der Waals surface area contributed by atoms with Gasteiger partial charge in [0.25, 0.3) is 0 Å². The van der Waals surface area contributed by atoms with Crippen molar-refractivity contribution in [1.29, 1.82) is 0 Å². The highest BCUT2D eigenvalue weighted by Crippen LogP contribution is 2.51. The summed E-state index contributed by atoms with van der Waals surface area (Å²) in [4.78, 5) is 4.90. The van der Waals surface area contributed by atoms with E-state index in [1.165, 1.54) is 44.7 Å². The Kier molecular flexibility index (Phi) is 3.63. The number of rotatable bonds is 2. The molecule has 2 aliphatic heterocycles. The monoisotopic (exact) mass is 271 g/mol. The molecule has 1 saturated carbocycles. The molecule has 1 atom stereocenters. The molecule has 0 radical (unpaired) electrons. The standard InChI is InChI=1S/C18H30BN/c1-17(2)10-11-19(13-18(17,3)4)15-8-9-16(20-12-15)14-6-5-7-14/h8,12,14,16H,5-7,9-11,13H2,1-4H3. The summed E-state index contributed by atoms with van der Waals surface area (Å²) >= 11 is 0. The molecule has 2 heterocycles. The molecule has 2 heteroatoms. The highest BCUT2D eigenvalue weighted by atomic mass is 14.8. The van der Waals surface area contributed by atoms with E-state index in [-0.39, 0.29) is 0 Å². The molecule has 0 N–H and O–H groups in total. The van der Waals surface area contributed by atoms with Gasteiger partial charge in [0.05, 0.1) is 6.04 Å². The molecule has 20 heavy (non-hydrogen) atoms. The highest BCUT2D eigenvalue weighted by Gasteiger charge is 2.44. The lowest BCUT2D eigenvalue weighted by atomic mass is 9.30. The summed E-state index contributed by atoms with van der Waals surface area (Å²) in [6.07, 6.45) is 14.2. The second-order valence-corrected chi connectivity index (χ2v) is 8.68. The second-order valence-electron chi connectivity index (χ2n) is 8.68. The lowest BCUT2D eigenvalue weighted by Crippen LogP contribution is -2.43. The summed E-state index contributed by atoms with van der Waals surface area (Å²) in [7, 11) is 0. The third kappa shape index (κ3) is 2.51. The first-order chi connectivity index (χ1) is 9.39. The molecule has 1 nitrogen and oxygen atoms in total. The first-order valence-electron chi connectivity index (χ1n) is 8.62. The fourth-order valence-electron chi connectivity index (χ4n) is 4.12. The van der Waals surface area contributed by atoms with Crippen molar-refractivity contribution in [2.75, 3.05) is 0 Å². The van der Waals surface area contributed by atoms with E-state index in [2.05, 4.69) is 40.0 Å². The zero-order valence-electron chi connectivity index (χ0n) is 13.8. The van der Waals surface area contributed by atoms with Gasteiger partial charge in [-0.05, 0) is 36.0 Å². The van der Waals surface area contributed by atoms with Crippen LogP contribution in [0.25, 0.3) is 0 Å². The van der Waals surface area contributed by atoms with Crippen LogP contribution < -0.4 is 0 Å². The summed E-state index contributed by atoms with van der Waals surface area (Å²) in [5, 5.41) is 0. The van der Waals surface area contributed by atoms with Crippen molar-refractivity contribution in [3.8, 4) is 0 Å². The molecule has 110 valence electrons. The highest BCUT2D eigenvalue weighted by molar-refractivity contribution is 6.71. The number of nitrogens with zero attached hydrogens (tertiary/aromatic N) is 1. The smallest absolute Gasteiger partial charge is 0.178 e. The molecule has 2 fully saturated rings. The Morgan fingerprint density at radius 1 is 1.15 bits per heavy atom. The van der Waals surface area contributed by atoms with Crippen LogP contribution in [0, 0.1) is 16.7 Å². The van der Waals surface area contributed by atoms with Crippen molar-refractivity contribution in [3.05, 3.63) is 11.5 Å². The average Bonchev–Trinajstić information content (AvgIpc) is 2.32. The van der Waals surface area contributed by atoms with Gasteiger partial charge in [-0.1, -0.05) is 64.7 Å². The van der Waals surface area contributed by atoms with Crippen LogP contribution in [0.1, 0.15) is 59.8 Å².